The first-order chi connectivity index (χ1) is 6.58. The molecule has 0 amide bonds. The lowest BCUT2D eigenvalue weighted by molar-refractivity contribution is -0.497. The van der Waals surface area contributed by atoms with Crippen LogP contribution in [0.4, 0.5) is 0 Å². The van der Waals surface area contributed by atoms with Crippen molar-refractivity contribution in [3.63, 3.8) is 0 Å². The van der Waals surface area contributed by atoms with Crippen LogP contribution in [-0.2, 0) is 9.53 Å². The van der Waals surface area contributed by atoms with Crippen molar-refractivity contribution < 1.29 is 14.5 Å². The predicted molar refractivity (Wildman–Crippen MR) is 49.4 cm³/mol. The van der Waals surface area contributed by atoms with Crippen molar-refractivity contribution in [2.75, 3.05) is 13.7 Å². The summed E-state index contributed by atoms with van der Waals surface area (Å²) < 4.78 is 4.56. The Balaban J connectivity index is 2.61. The molecule has 0 N–H and O–H groups in total. The Morgan fingerprint density at radius 1 is 1.50 bits per heavy atom. The predicted octanol–water partition coefficient (Wildman–Crippen LogP) is 1.39. The van der Waals surface area contributed by atoms with Crippen LogP contribution in [0.2, 0.25) is 0 Å². The molecule has 0 radical (unpaired) electrons. The third-order valence-electron chi connectivity index (χ3n) is 2.88. The Bertz CT molecular complexity index is 233. The van der Waals surface area contributed by atoms with Crippen LogP contribution in [0.1, 0.15) is 32.1 Å². The van der Waals surface area contributed by atoms with Crippen molar-refractivity contribution in [2.45, 2.75) is 32.1 Å². The molecule has 0 bridgehead atoms. The van der Waals surface area contributed by atoms with E-state index in [1.54, 1.807) is 0 Å². The number of nitro groups is 1. The second kappa shape index (κ2) is 4.39. The van der Waals surface area contributed by atoms with Crippen molar-refractivity contribution in [3.05, 3.63) is 10.1 Å². The lowest BCUT2D eigenvalue weighted by Gasteiger charge is -2.22. The molecular formula is C9H15NO4. The molecular weight excluding hydrogens is 186 g/mol. The van der Waals surface area contributed by atoms with Gasteiger partial charge in [0.2, 0.25) is 6.54 Å². The van der Waals surface area contributed by atoms with E-state index in [2.05, 4.69) is 4.74 Å². The molecule has 1 saturated carbocycles. The molecule has 0 spiro atoms. The minimum Gasteiger partial charge on any atom is -0.469 e. The summed E-state index contributed by atoms with van der Waals surface area (Å²) in [4.78, 5) is 21.3. The first kappa shape index (κ1) is 10.9. The molecule has 0 saturated heterocycles. The Kier molecular flexibility index (Phi) is 3.43. The van der Waals surface area contributed by atoms with Crippen LogP contribution in [0.5, 0.6) is 0 Å². The number of nitrogens with zero attached hydrogens (tertiary/aromatic N) is 1. The number of methoxy groups -OCH3 is 1. The van der Waals surface area contributed by atoms with Gasteiger partial charge in [-0.2, -0.15) is 0 Å². The average molecular weight is 201 g/mol. The van der Waals surface area contributed by atoms with Gasteiger partial charge in [-0.25, -0.2) is 0 Å². The monoisotopic (exact) mass is 201 g/mol. The zero-order valence-corrected chi connectivity index (χ0v) is 8.32. The van der Waals surface area contributed by atoms with Gasteiger partial charge in [0.05, 0.1) is 13.5 Å². The van der Waals surface area contributed by atoms with Crippen LogP contribution in [-0.4, -0.2) is 24.5 Å². The molecule has 0 unspecified atom stereocenters. The number of esters is 1. The highest BCUT2D eigenvalue weighted by Crippen LogP contribution is 2.41. The van der Waals surface area contributed by atoms with E-state index < -0.39 is 5.41 Å². The molecule has 14 heavy (non-hydrogen) atoms. The van der Waals surface area contributed by atoms with Gasteiger partial charge < -0.3 is 4.74 Å². The first-order valence-corrected chi connectivity index (χ1v) is 4.77. The average Bonchev–Trinajstić information content (AvgIpc) is 2.51. The first-order valence-electron chi connectivity index (χ1n) is 4.77. The highest BCUT2D eigenvalue weighted by atomic mass is 16.6. The Morgan fingerprint density at radius 2 is 2.07 bits per heavy atom. The van der Waals surface area contributed by atoms with E-state index >= 15 is 0 Å². The molecule has 0 atom stereocenters. The molecule has 0 aromatic heterocycles. The Labute approximate surface area is 82.6 Å². The number of hydrogen-bond acceptors (Lipinski definition) is 4. The summed E-state index contributed by atoms with van der Waals surface area (Å²) in [7, 11) is 1.32. The van der Waals surface area contributed by atoms with Crippen molar-refractivity contribution in [3.8, 4) is 0 Å². The minimum absolute atomic E-state index is 0.109. The summed E-state index contributed by atoms with van der Waals surface area (Å²) in [6.07, 6.45) is 3.67. The largest absolute Gasteiger partial charge is 0.469 e. The summed E-state index contributed by atoms with van der Waals surface area (Å²) in [5.41, 5.74) is -0.434. The molecule has 0 aromatic rings. The molecule has 1 rings (SSSR count). The molecule has 1 aliphatic rings. The van der Waals surface area contributed by atoms with Gasteiger partial charge in [0.15, 0.2) is 0 Å². The number of carbonyl (C=O) groups is 1. The maximum atomic E-state index is 11.1. The highest BCUT2D eigenvalue weighted by molar-refractivity contribution is 5.70. The van der Waals surface area contributed by atoms with E-state index in [1.165, 1.54) is 7.11 Å². The fourth-order valence-electron chi connectivity index (χ4n) is 2.17. The van der Waals surface area contributed by atoms with Crippen LogP contribution in [0, 0.1) is 15.5 Å². The summed E-state index contributed by atoms with van der Waals surface area (Å²) in [5, 5.41) is 10.5. The maximum Gasteiger partial charge on any atom is 0.306 e. The van der Waals surface area contributed by atoms with Gasteiger partial charge >= 0.3 is 5.97 Å². The number of carbonyl (C=O) groups excluding carboxylic acids is 1. The van der Waals surface area contributed by atoms with Crippen LogP contribution in [0.3, 0.4) is 0 Å². The number of ether oxygens (including phenoxy) is 1. The standard InChI is InChI=1S/C9H15NO4/c1-14-8(11)6-9(7-10(12)13)4-2-3-5-9/h2-7H2,1H3. The lowest BCUT2D eigenvalue weighted by atomic mass is 9.83. The second-order valence-electron chi connectivity index (χ2n) is 3.95. The van der Waals surface area contributed by atoms with Crippen LogP contribution in [0.25, 0.3) is 0 Å². The number of rotatable bonds is 4. The van der Waals surface area contributed by atoms with Crippen molar-refractivity contribution in [1.82, 2.24) is 0 Å². The van der Waals surface area contributed by atoms with Crippen molar-refractivity contribution >= 4 is 5.97 Å². The van der Waals surface area contributed by atoms with E-state index in [0.29, 0.717) is 0 Å². The highest BCUT2D eigenvalue weighted by Gasteiger charge is 2.40. The van der Waals surface area contributed by atoms with E-state index in [4.69, 9.17) is 0 Å². The van der Waals surface area contributed by atoms with Gasteiger partial charge in [0.25, 0.3) is 0 Å². The van der Waals surface area contributed by atoms with Gasteiger partial charge in [0.1, 0.15) is 0 Å². The fraction of sp³-hybridized carbons (Fsp3) is 0.889. The molecule has 1 fully saturated rings. The molecule has 5 heteroatoms. The third kappa shape index (κ3) is 2.68. The van der Waals surface area contributed by atoms with Gasteiger partial charge in [-0.1, -0.05) is 12.8 Å². The second-order valence-corrected chi connectivity index (χ2v) is 3.95. The van der Waals surface area contributed by atoms with Crippen LogP contribution in [0.15, 0.2) is 0 Å². The van der Waals surface area contributed by atoms with Crippen LogP contribution >= 0.6 is 0 Å². The zero-order valence-electron chi connectivity index (χ0n) is 8.32. The molecule has 5 nitrogen and oxygen atoms in total. The summed E-state index contributed by atoms with van der Waals surface area (Å²) in [6.45, 7) is -0.109. The topological polar surface area (TPSA) is 69.4 Å². The molecule has 0 heterocycles. The molecule has 80 valence electrons. The summed E-state index contributed by atoms with van der Waals surface area (Å²) in [5.74, 6) is -0.339. The molecule has 1 aliphatic carbocycles. The van der Waals surface area contributed by atoms with Crippen LogP contribution < -0.4 is 0 Å². The number of hydrogen-bond donors (Lipinski definition) is 0. The fourth-order valence-corrected chi connectivity index (χ4v) is 2.17. The molecule has 0 aromatic carbocycles. The van der Waals surface area contributed by atoms with Crippen molar-refractivity contribution in [2.24, 2.45) is 5.41 Å². The quantitative estimate of drug-likeness (QED) is 0.391. The summed E-state index contributed by atoms with van der Waals surface area (Å²) >= 11 is 0. The SMILES string of the molecule is COC(=O)CC1(C[N+](=O)[O-])CCCC1. The normalized spacial score (nSPS) is 19.2. The molecule has 0 aliphatic heterocycles. The lowest BCUT2D eigenvalue weighted by Crippen LogP contribution is -2.30. The maximum absolute atomic E-state index is 11.1. The summed E-state index contributed by atoms with van der Waals surface area (Å²) in [6, 6.07) is 0. The van der Waals surface area contributed by atoms with E-state index in [0.717, 1.165) is 25.7 Å². The zero-order chi connectivity index (χ0) is 10.6. The van der Waals surface area contributed by atoms with Gasteiger partial charge in [-0.05, 0) is 12.8 Å². The van der Waals surface area contributed by atoms with E-state index in [9.17, 15) is 14.9 Å². The van der Waals surface area contributed by atoms with Crippen molar-refractivity contribution in [1.29, 1.82) is 0 Å². The Hall–Kier alpha value is -1.13. The van der Waals surface area contributed by atoms with Gasteiger partial charge in [0, 0.05) is 10.3 Å². The van der Waals surface area contributed by atoms with E-state index in [1.807, 2.05) is 0 Å². The van der Waals surface area contributed by atoms with Gasteiger partial charge in [-0.3, -0.25) is 14.9 Å². The van der Waals surface area contributed by atoms with Gasteiger partial charge in [-0.15, -0.1) is 0 Å². The Morgan fingerprint density at radius 3 is 2.50 bits per heavy atom. The third-order valence-corrected chi connectivity index (χ3v) is 2.88. The smallest absolute Gasteiger partial charge is 0.306 e. The minimum atomic E-state index is -0.434. The van der Waals surface area contributed by atoms with E-state index in [-0.39, 0.29) is 23.9 Å².